The van der Waals surface area contributed by atoms with Crippen molar-refractivity contribution >= 4 is 5.97 Å². The summed E-state index contributed by atoms with van der Waals surface area (Å²) in [5.41, 5.74) is -1.03. The van der Waals surface area contributed by atoms with Gasteiger partial charge in [0.05, 0.1) is 12.2 Å². The predicted molar refractivity (Wildman–Crippen MR) is 67.1 cm³/mol. The number of hydrogen-bond acceptors (Lipinski definition) is 2. The lowest BCUT2D eigenvalue weighted by Crippen LogP contribution is -2.08. The Morgan fingerprint density at radius 1 is 1.29 bits per heavy atom. The van der Waals surface area contributed by atoms with Crippen LogP contribution in [0, 0.1) is 5.82 Å². The number of ether oxygens (including phenoxy) is 1. The third-order valence-corrected chi connectivity index (χ3v) is 2.76. The van der Waals surface area contributed by atoms with Crippen molar-refractivity contribution < 1.29 is 27.1 Å². The van der Waals surface area contributed by atoms with Gasteiger partial charge in [0.1, 0.15) is 11.5 Å². The van der Waals surface area contributed by atoms with E-state index in [1.54, 1.807) is 6.92 Å². The minimum absolute atomic E-state index is 0.0180. The molecule has 0 amide bonds. The number of halogens is 4. The van der Waals surface area contributed by atoms with Gasteiger partial charge < -0.3 is 9.72 Å². The molecule has 2 rings (SSSR count). The Labute approximate surface area is 117 Å². The van der Waals surface area contributed by atoms with Crippen LogP contribution in [0.2, 0.25) is 0 Å². The monoisotopic (exact) mass is 301 g/mol. The van der Waals surface area contributed by atoms with E-state index in [0.29, 0.717) is 6.07 Å². The fourth-order valence-corrected chi connectivity index (χ4v) is 1.89. The molecule has 0 aliphatic rings. The van der Waals surface area contributed by atoms with Gasteiger partial charge in [-0.3, -0.25) is 0 Å². The van der Waals surface area contributed by atoms with Gasteiger partial charge in [0, 0.05) is 11.8 Å². The molecule has 0 unspecified atom stereocenters. The number of alkyl halides is 3. The summed E-state index contributed by atoms with van der Waals surface area (Å²) in [6, 6.07) is 3.51. The highest BCUT2D eigenvalue weighted by Crippen LogP contribution is 2.34. The molecule has 0 fully saturated rings. The minimum Gasteiger partial charge on any atom is -0.461 e. The molecule has 2 aromatic rings. The molecule has 1 aromatic carbocycles. The molecule has 0 aliphatic carbocycles. The highest BCUT2D eigenvalue weighted by atomic mass is 19.4. The van der Waals surface area contributed by atoms with Crippen molar-refractivity contribution in [2.45, 2.75) is 13.1 Å². The summed E-state index contributed by atoms with van der Waals surface area (Å²) in [6.45, 7) is 1.72. The zero-order valence-electron chi connectivity index (χ0n) is 10.9. The maximum atomic E-state index is 13.4. The van der Waals surface area contributed by atoms with Crippen LogP contribution in [0.5, 0.6) is 0 Å². The third-order valence-electron chi connectivity index (χ3n) is 2.76. The number of carbonyl (C=O) groups is 1. The second-order valence-corrected chi connectivity index (χ2v) is 4.21. The molecule has 0 atom stereocenters. The van der Waals surface area contributed by atoms with E-state index in [1.165, 1.54) is 12.3 Å². The van der Waals surface area contributed by atoms with E-state index >= 15 is 0 Å². The van der Waals surface area contributed by atoms with E-state index in [-0.39, 0.29) is 23.4 Å². The van der Waals surface area contributed by atoms with Crippen LogP contribution < -0.4 is 0 Å². The minimum atomic E-state index is -4.67. The van der Waals surface area contributed by atoms with Crippen LogP contribution in [-0.2, 0) is 10.9 Å². The van der Waals surface area contributed by atoms with Gasteiger partial charge >= 0.3 is 12.1 Å². The molecule has 0 aliphatic heterocycles. The lowest BCUT2D eigenvalue weighted by atomic mass is 10.0. The highest BCUT2D eigenvalue weighted by Gasteiger charge is 2.32. The summed E-state index contributed by atoms with van der Waals surface area (Å²) in [6.07, 6.45) is -3.29. The van der Waals surface area contributed by atoms with E-state index in [4.69, 9.17) is 4.74 Å². The van der Waals surface area contributed by atoms with Gasteiger partial charge in [-0.2, -0.15) is 13.2 Å². The number of aromatic amines is 1. The SMILES string of the molecule is CCOC(=O)c1[nH]ccc1-c1cc(F)cc(C(F)(F)F)c1. The first-order valence-electron chi connectivity index (χ1n) is 6.05. The highest BCUT2D eigenvalue weighted by molar-refractivity contribution is 5.95. The molecule has 3 nitrogen and oxygen atoms in total. The van der Waals surface area contributed by atoms with Crippen LogP contribution in [-0.4, -0.2) is 17.6 Å². The summed E-state index contributed by atoms with van der Waals surface area (Å²) < 4.78 is 56.3. The van der Waals surface area contributed by atoms with Crippen molar-refractivity contribution in [3.63, 3.8) is 0 Å². The number of nitrogens with one attached hydrogen (secondary N) is 1. The average Bonchev–Trinajstić information content (AvgIpc) is 2.86. The van der Waals surface area contributed by atoms with Crippen LogP contribution in [0.3, 0.4) is 0 Å². The van der Waals surface area contributed by atoms with Gasteiger partial charge in [0.25, 0.3) is 0 Å². The van der Waals surface area contributed by atoms with Crippen molar-refractivity contribution in [2.24, 2.45) is 0 Å². The first-order chi connectivity index (χ1) is 9.82. The molecule has 0 saturated heterocycles. The Hall–Kier alpha value is -2.31. The van der Waals surface area contributed by atoms with Gasteiger partial charge in [-0.1, -0.05) is 0 Å². The molecule has 0 radical (unpaired) electrons. The van der Waals surface area contributed by atoms with E-state index in [0.717, 1.165) is 12.1 Å². The van der Waals surface area contributed by atoms with Crippen LogP contribution in [0.1, 0.15) is 23.0 Å². The van der Waals surface area contributed by atoms with Gasteiger partial charge in [-0.15, -0.1) is 0 Å². The molecule has 7 heteroatoms. The van der Waals surface area contributed by atoms with Crippen LogP contribution in [0.4, 0.5) is 17.6 Å². The lowest BCUT2D eigenvalue weighted by molar-refractivity contribution is -0.137. The van der Waals surface area contributed by atoms with E-state index in [9.17, 15) is 22.4 Å². The molecule has 0 spiro atoms. The summed E-state index contributed by atoms with van der Waals surface area (Å²) in [7, 11) is 0. The smallest absolute Gasteiger partial charge is 0.416 e. The predicted octanol–water partition coefficient (Wildman–Crippen LogP) is 4.02. The zero-order valence-corrected chi connectivity index (χ0v) is 10.9. The number of rotatable bonds is 3. The number of hydrogen-bond donors (Lipinski definition) is 1. The van der Waals surface area contributed by atoms with Crippen molar-refractivity contribution in [1.82, 2.24) is 4.98 Å². The van der Waals surface area contributed by atoms with Crippen molar-refractivity contribution in [2.75, 3.05) is 6.61 Å². The van der Waals surface area contributed by atoms with Gasteiger partial charge in [-0.25, -0.2) is 9.18 Å². The van der Waals surface area contributed by atoms with Crippen LogP contribution in [0.15, 0.2) is 30.5 Å². The van der Waals surface area contributed by atoms with Crippen molar-refractivity contribution in [3.05, 3.63) is 47.5 Å². The van der Waals surface area contributed by atoms with E-state index in [1.807, 2.05) is 0 Å². The Morgan fingerprint density at radius 2 is 2.00 bits per heavy atom. The van der Waals surface area contributed by atoms with Crippen molar-refractivity contribution in [3.8, 4) is 11.1 Å². The van der Waals surface area contributed by atoms with Gasteiger partial charge in [-0.05, 0) is 36.8 Å². The summed E-state index contributed by atoms with van der Waals surface area (Å²) in [5, 5.41) is 0. The molecule has 1 aromatic heterocycles. The molecule has 1 N–H and O–H groups in total. The first-order valence-corrected chi connectivity index (χ1v) is 6.05. The van der Waals surface area contributed by atoms with Crippen molar-refractivity contribution in [1.29, 1.82) is 0 Å². The third kappa shape index (κ3) is 3.24. The summed E-state index contributed by atoms with van der Waals surface area (Å²) in [4.78, 5) is 14.3. The number of aromatic nitrogens is 1. The second kappa shape index (κ2) is 5.59. The fourth-order valence-electron chi connectivity index (χ4n) is 1.89. The first kappa shape index (κ1) is 15.1. The maximum absolute atomic E-state index is 13.4. The molecule has 0 saturated carbocycles. The van der Waals surface area contributed by atoms with E-state index in [2.05, 4.69) is 4.98 Å². The number of benzene rings is 1. The molecular formula is C14H11F4NO2. The fraction of sp³-hybridized carbons (Fsp3) is 0.214. The number of esters is 1. The topological polar surface area (TPSA) is 42.1 Å². The van der Waals surface area contributed by atoms with Gasteiger partial charge in [0.15, 0.2) is 0 Å². The zero-order chi connectivity index (χ0) is 15.6. The molecule has 1 heterocycles. The summed E-state index contributed by atoms with van der Waals surface area (Å²) in [5.74, 6) is -1.74. The molecule has 21 heavy (non-hydrogen) atoms. The Morgan fingerprint density at radius 3 is 2.62 bits per heavy atom. The lowest BCUT2D eigenvalue weighted by Gasteiger charge is -2.10. The number of carbonyl (C=O) groups excluding carboxylic acids is 1. The Balaban J connectivity index is 2.51. The van der Waals surface area contributed by atoms with E-state index < -0.39 is 23.5 Å². The van der Waals surface area contributed by atoms with Crippen LogP contribution in [0.25, 0.3) is 11.1 Å². The molecular weight excluding hydrogens is 290 g/mol. The largest absolute Gasteiger partial charge is 0.461 e. The molecule has 0 bridgehead atoms. The standard InChI is InChI=1S/C14H11F4NO2/c1-2-21-13(20)12-11(3-4-19-12)8-5-9(14(16,17)18)7-10(15)6-8/h3-7,19H,2H2,1H3. The second-order valence-electron chi connectivity index (χ2n) is 4.21. The quantitative estimate of drug-likeness (QED) is 0.687. The Bertz CT molecular complexity index is 661. The van der Waals surface area contributed by atoms with Gasteiger partial charge in [0.2, 0.25) is 0 Å². The average molecular weight is 301 g/mol. The number of H-pyrrole nitrogens is 1. The normalized spacial score (nSPS) is 11.5. The Kier molecular flexibility index (Phi) is 4.02. The van der Waals surface area contributed by atoms with Crippen LogP contribution >= 0.6 is 0 Å². The summed E-state index contributed by atoms with van der Waals surface area (Å²) >= 11 is 0. The molecule has 112 valence electrons. The maximum Gasteiger partial charge on any atom is 0.416 e.